The van der Waals surface area contributed by atoms with Gasteiger partial charge in [0, 0.05) is 31.2 Å². The molecule has 1 saturated carbocycles. The van der Waals surface area contributed by atoms with Gasteiger partial charge in [-0.3, -0.25) is 9.59 Å². The van der Waals surface area contributed by atoms with E-state index in [-0.39, 0.29) is 42.6 Å². The van der Waals surface area contributed by atoms with Gasteiger partial charge in [-0.05, 0) is 36.8 Å². The van der Waals surface area contributed by atoms with Gasteiger partial charge in [0.2, 0.25) is 11.8 Å². The molecule has 1 heterocycles. The van der Waals surface area contributed by atoms with Crippen LogP contribution in [-0.4, -0.2) is 30.9 Å². The predicted octanol–water partition coefficient (Wildman–Crippen LogP) is 1.88. The van der Waals surface area contributed by atoms with Crippen molar-refractivity contribution >= 4 is 29.9 Å². The Kier molecular flexibility index (Phi) is 6.24. The van der Waals surface area contributed by atoms with Crippen molar-refractivity contribution in [3.05, 3.63) is 29.8 Å². The minimum atomic E-state index is -0.279. The fraction of sp³-hybridized carbons (Fsp3) is 0.556. The van der Waals surface area contributed by atoms with Gasteiger partial charge >= 0.3 is 0 Å². The number of aryl methyl sites for hydroxylation is 1. The van der Waals surface area contributed by atoms with Crippen LogP contribution in [0.5, 0.6) is 0 Å². The number of hydrogen-bond acceptors (Lipinski definition) is 3. The Balaban J connectivity index is 0.00000208. The van der Waals surface area contributed by atoms with E-state index in [1.165, 1.54) is 12.8 Å². The Morgan fingerprint density at radius 1 is 1.38 bits per heavy atom. The van der Waals surface area contributed by atoms with Gasteiger partial charge in [0.15, 0.2) is 0 Å². The highest BCUT2D eigenvalue weighted by Crippen LogP contribution is 2.31. The van der Waals surface area contributed by atoms with Crippen molar-refractivity contribution in [2.75, 3.05) is 18.0 Å². The van der Waals surface area contributed by atoms with Crippen LogP contribution in [0.15, 0.2) is 24.3 Å². The Bertz CT molecular complexity index is 604. The number of nitrogens with one attached hydrogen (secondary N) is 1. The summed E-state index contributed by atoms with van der Waals surface area (Å²) in [6.07, 6.45) is 3.48. The predicted molar refractivity (Wildman–Crippen MR) is 97.2 cm³/mol. The zero-order valence-corrected chi connectivity index (χ0v) is 14.8. The summed E-state index contributed by atoms with van der Waals surface area (Å²) in [7, 11) is 0. The maximum atomic E-state index is 12.3. The summed E-state index contributed by atoms with van der Waals surface area (Å²) in [5, 5.41) is 2.92. The monoisotopic (exact) mass is 351 g/mol. The van der Waals surface area contributed by atoms with E-state index in [2.05, 4.69) is 12.2 Å². The van der Waals surface area contributed by atoms with E-state index < -0.39 is 0 Å². The molecule has 1 saturated heterocycles. The molecule has 132 valence electrons. The summed E-state index contributed by atoms with van der Waals surface area (Å²) >= 11 is 0. The summed E-state index contributed by atoms with van der Waals surface area (Å²) in [6.45, 7) is 3.04. The third-order valence-corrected chi connectivity index (χ3v) is 4.90. The first kappa shape index (κ1) is 18.7. The lowest BCUT2D eigenvalue weighted by Crippen LogP contribution is -2.41. The lowest BCUT2D eigenvalue weighted by Gasteiger charge is -2.20. The molecule has 5 nitrogen and oxygen atoms in total. The third-order valence-electron chi connectivity index (χ3n) is 4.90. The number of rotatable bonds is 6. The van der Waals surface area contributed by atoms with E-state index in [4.69, 9.17) is 5.73 Å². The van der Waals surface area contributed by atoms with Crippen molar-refractivity contribution in [1.29, 1.82) is 0 Å². The Morgan fingerprint density at radius 2 is 2.08 bits per heavy atom. The molecule has 3 rings (SSSR count). The van der Waals surface area contributed by atoms with Crippen LogP contribution in [0.3, 0.4) is 0 Å². The fourth-order valence-electron chi connectivity index (χ4n) is 3.24. The SMILES string of the molecule is CCc1ccccc1N1CC(C(=O)NCC(N)C2CC2)CC1=O.Cl. The Morgan fingerprint density at radius 3 is 2.75 bits per heavy atom. The van der Waals surface area contributed by atoms with Crippen molar-refractivity contribution in [2.45, 2.75) is 38.6 Å². The molecule has 2 amide bonds. The molecule has 2 fully saturated rings. The zero-order chi connectivity index (χ0) is 16.4. The molecule has 6 heteroatoms. The van der Waals surface area contributed by atoms with Gasteiger partial charge in [0.1, 0.15) is 0 Å². The second-order valence-electron chi connectivity index (χ2n) is 6.63. The summed E-state index contributed by atoms with van der Waals surface area (Å²) in [5.74, 6) is 0.260. The van der Waals surface area contributed by atoms with Crippen LogP contribution < -0.4 is 16.0 Å². The first-order valence-corrected chi connectivity index (χ1v) is 8.51. The maximum absolute atomic E-state index is 12.3. The second kappa shape index (κ2) is 7.99. The molecule has 2 aliphatic rings. The maximum Gasteiger partial charge on any atom is 0.227 e. The van der Waals surface area contributed by atoms with Gasteiger partial charge in [-0.1, -0.05) is 25.1 Å². The molecule has 2 unspecified atom stereocenters. The first-order valence-electron chi connectivity index (χ1n) is 8.51. The number of hydrogen-bond donors (Lipinski definition) is 2. The third kappa shape index (κ3) is 4.08. The van der Waals surface area contributed by atoms with Crippen molar-refractivity contribution in [1.82, 2.24) is 5.32 Å². The number of amides is 2. The summed E-state index contributed by atoms with van der Waals surface area (Å²) in [6, 6.07) is 7.95. The standard InChI is InChI=1S/C18H25N3O2.ClH/c1-2-12-5-3-4-6-16(12)21-11-14(9-17(21)22)18(23)20-10-15(19)13-7-8-13;/h3-6,13-15H,2,7-11,19H2,1H3,(H,20,23);1H. The zero-order valence-electron chi connectivity index (χ0n) is 14.0. The average molecular weight is 352 g/mol. The molecule has 0 spiro atoms. The molecule has 0 bridgehead atoms. The average Bonchev–Trinajstić information content (AvgIpc) is 3.35. The number of anilines is 1. The Hall–Kier alpha value is -1.59. The number of benzene rings is 1. The lowest BCUT2D eigenvalue weighted by molar-refractivity contribution is -0.126. The van der Waals surface area contributed by atoms with Crippen molar-refractivity contribution < 1.29 is 9.59 Å². The van der Waals surface area contributed by atoms with E-state index in [1.807, 2.05) is 24.3 Å². The number of nitrogens with zero attached hydrogens (tertiary/aromatic N) is 1. The second-order valence-corrected chi connectivity index (χ2v) is 6.63. The van der Waals surface area contributed by atoms with Gasteiger partial charge in [-0.2, -0.15) is 0 Å². The summed E-state index contributed by atoms with van der Waals surface area (Å²) < 4.78 is 0. The minimum Gasteiger partial charge on any atom is -0.354 e. The molecule has 0 radical (unpaired) electrons. The largest absolute Gasteiger partial charge is 0.354 e. The van der Waals surface area contributed by atoms with E-state index in [9.17, 15) is 9.59 Å². The van der Waals surface area contributed by atoms with Crippen molar-refractivity contribution in [3.63, 3.8) is 0 Å². The van der Waals surface area contributed by atoms with Crippen molar-refractivity contribution in [2.24, 2.45) is 17.6 Å². The van der Waals surface area contributed by atoms with Crippen LogP contribution >= 0.6 is 12.4 Å². The van der Waals surface area contributed by atoms with Gasteiger partial charge < -0.3 is 16.0 Å². The summed E-state index contributed by atoms with van der Waals surface area (Å²) in [5.41, 5.74) is 8.09. The highest BCUT2D eigenvalue weighted by molar-refractivity contribution is 6.00. The number of nitrogens with two attached hydrogens (primary N) is 1. The van der Waals surface area contributed by atoms with E-state index in [1.54, 1.807) is 4.90 Å². The molecule has 1 aromatic carbocycles. The topological polar surface area (TPSA) is 75.4 Å². The van der Waals surface area contributed by atoms with E-state index >= 15 is 0 Å². The van der Waals surface area contributed by atoms with Gasteiger partial charge in [0.25, 0.3) is 0 Å². The molecule has 1 aliphatic carbocycles. The van der Waals surface area contributed by atoms with E-state index in [0.29, 0.717) is 19.0 Å². The number of carbonyl (C=O) groups excluding carboxylic acids is 2. The van der Waals surface area contributed by atoms with Gasteiger partial charge in [-0.25, -0.2) is 0 Å². The fourth-order valence-corrected chi connectivity index (χ4v) is 3.24. The van der Waals surface area contributed by atoms with Crippen LogP contribution in [0, 0.1) is 11.8 Å². The Labute approximate surface area is 149 Å². The quantitative estimate of drug-likeness (QED) is 0.821. The number of halogens is 1. The smallest absolute Gasteiger partial charge is 0.227 e. The van der Waals surface area contributed by atoms with Crippen LogP contribution in [0.25, 0.3) is 0 Å². The van der Waals surface area contributed by atoms with Crippen LogP contribution in [0.4, 0.5) is 5.69 Å². The van der Waals surface area contributed by atoms with Crippen LogP contribution in [0.1, 0.15) is 31.7 Å². The molecule has 3 N–H and O–H groups in total. The minimum absolute atomic E-state index is 0. The van der Waals surface area contributed by atoms with E-state index in [0.717, 1.165) is 17.7 Å². The molecular weight excluding hydrogens is 326 g/mol. The van der Waals surface area contributed by atoms with Gasteiger partial charge in [-0.15, -0.1) is 12.4 Å². The van der Waals surface area contributed by atoms with Crippen molar-refractivity contribution in [3.8, 4) is 0 Å². The first-order chi connectivity index (χ1) is 11.1. The molecule has 0 aromatic heterocycles. The molecule has 1 aliphatic heterocycles. The molecule has 24 heavy (non-hydrogen) atoms. The lowest BCUT2D eigenvalue weighted by atomic mass is 10.1. The highest BCUT2D eigenvalue weighted by Gasteiger charge is 2.36. The summed E-state index contributed by atoms with van der Waals surface area (Å²) in [4.78, 5) is 26.4. The molecule has 1 aromatic rings. The van der Waals surface area contributed by atoms with Crippen LogP contribution in [-0.2, 0) is 16.0 Å². The van der Waals surface area contributed by atoms with Crippen LogP contribution in [0.2, 0.25) is 0 Å². The highest BCUT2D eigenvalue weighted by atomic mass is 35.5. The van der Waals surface area contributed by atoms with Gasteiger partial charge in [0.05, 0.1) is 5.92 Å². The number of para-hydroxylation sites is 1. The molecule has 2 atom stereocenters. The number of carbonyl (C=O) groups is 2. The molecular formula is C18H26ClN3O2. The normalized spacial score (nSPS) is 21.3.